The fourth-order valence-electron chi connectivity index (χ4n) is 2.74. The van der Waals surface area contributed by atoms with Crippen molar-refractivity contribution in [3.05, 3.63) is 57.7 Å². The molecule has 2 rings (SSSR count). The average Bonchev–Trinajstić information content (AvgIpc) is 2.73. The van der Waals surface area contributed by atoms with Crippen molar-refractivity contribution in [1.29, 1.82) is 0 Å². The van der Waals surface area contributed by atoms with Crippen LogP contribution in [0.2, 0.25) is 10.0 Å². The van der Waals surface area contributed by atoms with Gasteiger partial charge in [-0.05, 0) is 35.2 Å². The van der Waals surface area contributed by atoms with E-state index >= 15 is 0 Å². The fourth-order valence-corrected chi connectivity index (χ4v) is 3.07. The molecule has 9 heteroatoms. The van der Waals surface area contributed by atoms with Gasteiger partial charge in [0, 0.05) is 19.2 Å². The molecule has 2 amide bonds. The van der Waals surface area contributed by atoms with Gasteiger partial charge < -0.3 is 22.1 Å². The lowest BCUT2D eigenvalue weighted by Crippen LogP contribution is -2.53. The minimum atomic E-state index is -0.827. The highest BCUT2D eigenvalue weighted by atomic mass is 35.5. The van der Waals surface area contributed by atoms with Gasteiger partial charge in [-0.25, -0.2) is 4.98 Å². The molecular weight excluding hydrogens is 425 g/mol. The molecule has 0 aliphatic carbocycles. The Hall–Kier alpha value is -2.35. The van der Waals surface area contributed by atoms with Gasteiger partial charge in [-0.2, -0.15) is 0 Å². The molecule has 0 spiro atoms. The van der Waals surface area contributed by atoms with Crippen LogP contribution in [0, 0.1) is 5.92 Å². The van der Waals surface area contributed by atoms with Crippen molar-refractivity contribution < 1.29 is 9.59 Å². The Morgan fingerprint density at radius 1 is 1.10 bits per heavy atom. The second-order valence-corrected chi connectivity index (χ2v) is 8.05. The van der Waals surface area contributed by atoms with E-state index in [9.17, 15) is 9.59 Å². The Balaban J connectivity index is 2.13. The molecule has 0 bridgehead atoms. The van der Waals surface area contributed by atoms with E-state index in [1.54, 1.807) is 36.5 Å². The Morgan fingerprint density at radius 3 is 2.40 bits per heavy atom. The molecule has 30 heavy (non-hydrogen) atoms. The van der Waals surface area contributed by atoms with Gasteiger partial charge in [0.15, 0.2) is 0 Å². The highest BCUT2D eigenvalue weighted by Gasteiger charge is 2.26. The van der Waals surface area contributed by atoms with E-state index < -0.39 is 12.1 Å². The third-order valence-electron chi connectivity index (χ3n) is 4.93. The molecule has 0 fully saturated rings. The molecule has 0 saturated heterocycles. The molecule has 0 aliphatic rings. The van der Waals surface area contributed by atoms with E-state index in [4.69, 9.17) is 34.7 Å². The maximum atomic E-state index is 12.9. The first kappa shape index (κ1) is 23.9. The molecule has 1 aromatic heterocycles. The number of pyridine rings is 1. The lowest BCUT2D eigenvalue weighted by atomic mass is 9.98. The SMILES string of the molecule is CCC(C)[C@@H](N)C(=O)N[C@@H](Cc1ccc(Cl)c(Cl)c1)C(=O)NCc1ccc(N)nc1. The molecule has 0 radical (unpaired) electrons. The standard InChI is InChI=1S/C21H27Cl2N5O2/c1-3-12(2)19(25)21(30)28-17(9-13-4-6-15(22)16(23)8-13)20(29)27-11-14-5-7-18(24)26-10-14/h4-8,10,12,17,19H,3,9,11,25H2,1-2H3,(H2,24,26)(H,27,29)(H,28,30)/t12?,17-,19+/m0/s1. The Labute approximate surface area is 186 Å². The molecule has 3 atom stereocenters. The van der Waals surface area contributed by atoms with Crippen molar-refractivity contribution in [2.45, 2.75) is 45.3 Å². The number of nitrogens with one attached hydrogen (secondary N) is 2. The van der Waals surface area contributed by atoms with E-state index in [1.807, 2.05) is 13.8 Å². The quantitative estimate of drug-likeness (QED) is 0.466. The first-order valence-electron chi connectivity index (χ1n) is 9.69. The van der Waals surface area contributed by atoms with Crippen LogP contribution in [0.3, 0.4) is 0 Å². The summed E-state index contributed by atoms with van der Waals surface area (Å²) in [4.78, 5) is 29.5. The lowest BCUT2D eigenvalue weighted by molar-refractivity contribution is -0.130. The Kier molecular flexibility index (Phi) is 8.89. The summed E-state index contributed by atoms with van der Waals surface area (Å²) >= 11 is 12.1. The van der Waals surface area contributed by atoms with Gasteiger partial charge in [0.05, 0.1) is 16.1 Å². The summed E-state index contributed by atoms with van der Waals surface area (Å²) in [6.07, 6.45) is 2.57. The number of benzene rings is 1. The fraction of sp³-hybridized carbons (Fsp3) is 0.381. The predicted molar refractivity (Wildman–Crippen MR) is 120 cm³/mol. The zero-order valence-corrected chi connectivity index (χ0v) is 18.5. The zero-order chi connectivity index (χ0) is 22.3. The summed E-state index contributed by atoms with van der Waals surface area (Å²) in [6.45, 7) is 4.10. The third kappa shape index (κ3) is 6.86. The number of halogens is 2. The van der Waals surface area contributed by atoms with Crippen molar-refractivity contribution in [2.75, 3.05) is 5.73 Å². The smallest absolute Gasteiger partial charge is 0.243 e. The van der Waals surface area contributed by atoms with Crippen molar-refractivity contribution in [3.63, 3.8) is 0 Å². The van der Waals surface area contributed by atoms with Gasteiger partial charge in [-0.3, -0.25) is 9.59 Å². The Bertz CT molecular complexity index is 876. The maximum Gasteiger partial charge on any atom is 0.243 e. The number of nitrogens with two attached hydrogens (primary N) is 2. The van der Waals surface area contributed by atoms with Crippen LogP contribution in [-0.4, -0.2) is 28.9 Å². The molecule has 0 aliphatic heterocycles. The topological polar surface area (TPSA) is 123 Å². The van der Waals surface area contributed by atoms with Crippen LogP contribution >= 0.6 is 23.2 Å². The number of carbonyl (C=O) groups excluding carboxylic acids is 2. The number of carbonyl (C=O) groups is 2. The number of nitrogen functional groups attached to an aromatic ring is 1. The number of amides is 2. The zero-order valence-electron chi connectivity index (χ0n) is 17.0. The number of aromatic nitrogens is 1. The highest BCUT2D eigenvalue weighted by Crippen LogP contribution is 2.23. The molecule has 6 N–H and O–H groups in total. The normalized spacial score (nSPS) is 13.9. The van der Waals surface area contributed by atoms with Gasteiger partial charge in [-0.15, -0.1) is 0 Å². The monoisotopic (exact) mass is 451 g/mol. The van der Waals surface area contributed by atoms with E-state index in [-0.39, 0.29) is 30.7 Å². The summed E-state index contributed by atoms with van der Waals surface area (Å²) in [7, 11) is 0. The van der Waals surface area contributed by atoms with E-state index in [0.29, 0.717) is 15.9 Å². The molecule has 0 saturated carbocycles. The van der Waals surface area contributed by atoms with Crippen LogP contribution in [0.15, 0.2) is 36.5 Å². The van der Waals surface area contributed by atoms with Crippen LogP contribution in [-0.2, 0) is 22.6 Å². The third-order valence-corrected chi connectivity index (χ3v) is 5.67. The molecule has 1 heterocycles. The second-order valence-electron chi connectivity index (χ2n) is 7.23. The summed E-state index contributed by atoms with van der Waals surface area (Å²) in [5.41, 5.74) is 13.2. The van der Waals surface area contributed by atoms with Gasteiger partial charge in [0.1, 0.15) is 11.9 Å². The second kappa shape index (κ2) is 11.2. The molecule has 1 unspecified atom stereocenters. The van der Waals surface area contributed by atoms with Crippen LogP contribution in [0.5, 0.6) is 0 Å². The largest absolute Gasteiger partial charge is 0.384 e. The number of hydrogen-bond acceptors (Lipinski definition) is 5. The summed E-state index contributed by atoms with van der Waals surface area (Å²) in [5, 5.41) is 6.39. The molecule has 2 aromatic rings. The van der Waals surface area contributed by atoms with Crippen molar-refractivity contribution in [3.8, 4) is 0 Å². The van der Waals surface area contributed by atoms with Crippen LogP contribution in [0.4, 0.5) is 5.82 Å². The average molecular weight is 452 g/mol. The number of nitrogens with zero attached hydrogens (tertiary/aromatic N) is 1. The highest BCUT2D eigenvalue weighted by molar-refractivity contribution is 6.42. The minimum Gasteiger partial charge on any atom is -0.384 e. The Morgan fingerprint density at radius 2 is 1.80 bits per heavy atom. The first-order chi connectivity index (χ1) is 14.2. The van der Waals surface area contributed by atoms with E-state index in [2.05, 4.69) is 15.6 Å². The number of rotatable bonds is 9. The van der Waals surface area contributed by atoms with Gasteiger partial charge in [-0.1, -0.05) is 55.6 Å². The maximum absolute atomic E-state index is 12.9. The van der Waals surface area contributed by atoms with Crippen LogP contribution in [0.1, 0.15) is 31.4 Å². The van der Waals surface area contributed by atoms with E-state index in [0.717, 1.165) is 17.5 Å². The summed E-state index contributed by atoms with van der Waals surface area (Å²) < 4.78 is 0. The summed E-state index contributed by atoms with van der Waals surface area (Å²) in [6, 6.07) is 6.98. The summed E-state index contributed by atoms with van der Waals surface area (Å²) in [5.74, 6) is -0.338. The van der Waals surface area contributed by atoms with Crippen LogP contribution < -0.4 is 22.1 Å². The lowest BCUT2D eigenvalue weighted by Gasteiger charge is -2.23. The van der Waals surface area contributed by atoms with Gasteiger partial charge in [0.25, 0.3) is 0 Å². The van der Waals surface area contributed by atoms with Gasteiger partial charge >= 0.3 is 0 Å². The molecular formula is C21H27Cl2N5O2. The molecule has 1 aromatic carbocycles. The number of hydrogen-bond donors (Lipinski definition) is 4. The first-order valence-corrected chi connectivity index (χ1v) is 10.4. The van der Waals surface area contributed by atoms with Crippen molar-refractivity contribution >= 4 is 40.8 Å². The molecule has 7 nitrogen and oxygen atoms in total. The van der Waals surface area contributed by atoms with Crippen molar-refractivity contribution in [1.82, 2.24) is 15.6 Å². The number of anilines is 1. The minimum absolute atomic E-state index is 0.0143. The molecule has 162 valence electrons. The van der Waals surface area contributed by atoms with Crippen LogP contribution in [0.25, 0.3) is 0 Å². The van der Waals surface area contributed by atoms with E-state index in [1.165, 1.54) is 0 Å². The van der Waals surface area contributed by atoms with Crippen molar-refractivity contribution in [2.24, 2.45) is 11.7 Å². The van der Waals surface area contributed by atoms with Gasteiger partial charge in [0.2, 0.25) is 11.8 Å². The predicted octanol–water partition coefficient (Wildman–Crippen LogP) is 2.69.